The van der Waals surface area contributed by atoms with E-state index in [0.717, 1.165) is 53.4 Å². The van der Waals surface area contributed by atoms with Crippen LogP contribution in [0.4, 0.5) is 10.5 Å². The fourth-order valence-corrected chi connectivity index (χ4v) is 6.75. The molecule has 2 N–H and O–H groups in total. The first-order chi connectivity index (χ1) is 20.0. The first-order valence-corrected chi connectivity index (χ1v) is 14.3. The van der Waals surface area contributed by atoms with E-state index in [4.69, 9.17) is 4.74 Å². The van der Waals surface area contributed by atoms with Crippen LogP contribution in [0.2, 0.25) is 0 Å². The third kappa shape index (κ3) is 4.25. The van der Waals surface area contributed by atoms with Crippen LogP contribution in [0.15, 0.2) is 72.8 Å². The number of anilines is 1. The van der Waals surface area contributed by atoms with Crippen LogP contribution in [0.1, 0.15) is 65.3 Å². The molecule has 2 atom stereocenters. The van der Waals surface area contributed by atoms with Gasteiger partial charge in [-0.05, 0) is 66.4 Å². The van der Waals surface area contributed by atoms with Crippen LogP contribution in [0.25, 0.3) is 10.9 Å². The summed E-state index contributed by atoms with van der Waals surface area (Å²) in [5.41, 5.74) is 4.78. The van der Waals surface area contributed by atoms with E-state index in [1.165, 1.54) is 11.3 Å². The fourth-order valence-electron chi connectivity index (χ4n) is 6.75. The van der Waals surface area contributed by atoms with Gasteiger partial charge >= 0.3 is 6.03 Å². The zero-order chi connectivity index (χ0) is 28.1. The normalized spacial score (nSPS) is 20.7. The minimum absolute atomic E-state index is 0.122. The van der Waals surface area contributed by atoms with Crippen LogP contribution in [-0.2, 0) is 11.2 Å². The van der Waals surface area contributed by atoms with Crippen molar-refractivity contribution in [3.05, 3.63) is 95.2 Å². The number of imide groups is 1. The SMILES string of the molecule is COc1cccc([C@H]2c3[nH]c4ccccc4c3C[C@H]3C(=O)N(c4ccc(C(=O)NC5CCCCC5)cc4)C(=O)N23)c1. The molecular weight excluding hydrogens is 516 g/mol. The summed E-state index contributed by atoms with van der Waals surface area (Å²) in [4.78, 5) is 47.4. The highest BCUT2D eigenvalue weighted by atomic mass is 16.5. The number of hydrogen-bond donors (Lipinski definition) is 2. The van der Waals surface area contributed by atoms with E-state index >= 15 is 0 Å². The summed E-state index contributed by atoms with van der Waals surface area (Å²) in [7, 11) is 1.61. The molecule has 1 aromatic heterocycles. The molecule has 0 radical (unpaired) electrons. The van der Waals surface area contributed by atoms with Crippen molar-refractivity contribution in [3.63, 3.8) is 0 Å². The number of carbonyl (C=O) groups excluding carboxylic acids is 3. The number of fused-ring (bicyclic) bond motifs is 4. The summed E-state index contributed by atoms with van der Waals surface area (Å²) in [6.45, 7) is 0. The average Bonchev–Trinajstić information content (AvgIpc) is 3.50. The molecule has 3 aromatic carbocycles. The maximum atomic E-state index is 14.1. The van der Waals surface area contributed by atoms with Gasteiger partial charge in [0.25, 0.3) is 11.8 Å². The lowest BCUT2D eigenvalue weighted by Crippen LogP contribution is -2.44. The van der Waals surface area contributed by atoms with Gasteiger partial charge in [0, 0.05) is 34.6 Å². The Bertz CT molecular complexity index is 1650. The van der Waals surface area contributed by atoms with Crippen molar-refractivity contribution in [2.24, 2.45) is 0 Å². The van der Waals surface area contributed by atoms with E-state index in [-0.39, 0.29) is 23.9 Å². The van der Waals surface area contributed by atoms with Crippen molar-refractivity contribution in [1.29, 1.82) is 0 Å². The Labute approximate surface area is 238 Å². The Morgan fingerprint density at radius 3 is 2.51 bits per heavy atom. The van der Waals surface area contributed by atoms with Gasteiger partial charge in [0.1, 0.15) is 17.8 Å². The molecule has 3 heterocycles. The molecule has 0 spiro atoms. The lowest BCUT2D eigenvalue weighted by Gasteiger charge is -2.36. The lowest BCUT2D eigenvalue weighted by atomic mass is 9.89. The van der Waals surface area contributed by atoms with Crippen LogP contribution >= 0.6 is 0 Å². The number of urea groups is 1. The number of para-hydroxylation sites is 1. The second-order valence-electron chi connectivity index (χ2n) is 11.2. The number of nitrogens with one attached hydrogen (secondary N) is 2. The van der Waals surface area contributed by atoms with E-state index in [2.05, 4.69) is 16.4 Å². The van der Waals surface area contributed by atoms with E-state index in [9.17, 15) is 14.4 Å². The van der Waals surface area contributed by atoms with Gasteiger partial charge < -0.3 is 15.0 Å². The van der Waals surface area contributed by atoms with Gasteiger partial charge in [0.2, 0.25) is 0 Å². The van der Waals surface area contributed by atoms with Gasteiger partial charge in [-0.2, -0.15) is 0 Å². The Morgan fingerprint density at radius 1 is 0.951 bits per heavy atom. The second kappa shape index (κ2) is 10.1. The molecule has 4 aromatic rings. The van der Waals surface area contributed by atoms with Gasteiger partial charge in [-0.25, -0.2) is 9.69 Å². The highest BCUT2D eigenvalue weighted by molar-refractivity contribution is 6.22. The number of hydrogen-bond acceptors (Lipinski definition) is 4. The summed E-state index contributed by atoms with van der Waals surface area (Å²) in [5.74, 6) is 0.292. The molecule has 1 saturated carbocycles. The standard InChI is InChI=1S/C33H32N4O4/c1-41-24-11-7-8-21(18-24)30-29-26(25-12-5-6-13-27(25)35-29)19-28-32(39)36(33(40)37(28)30)23-16-14-20(15-17-23)31(38)34-22-9-3-2-4-10-22/h5-8,11-18,22,28,30,35H,2-4,9-10,19H2,1H3,(H,34,38)/t28-,30-/m0/s1. The molecule has 2 fully saturated rings. The van der Waals surface area contributed by atoms with Crippen molar-refractivity contribution in [3.8, 4) is 5.75 Å². The molecule has 2 aliphatic heterocycles. The first-order valence-electron chi connectivity index (χ1n) is 14.3. The number of rotatable bonds is 5. The van der Waals surface area contributed by atoms with Crippen molar-refractivity contribution in [2.75, 3.05) is 12.0 Å². The van der Waals surface area contributed by atoms with Crippen molar-refractivity contribution >= 4 is 34.4 Å². The molecular formula is C33H32N4O4. The number of ether oxygens (including phenoxy) is 1. The Hall–Kier alpha value is -4.59. The zero-order valence-electron chi connectivity index (χ0n) is 22.9. The second-order valence-corrected chi connectivity index (χ2v) is 11.2. The number of amides is 4. The van der Waals surface area contributed by atoms with Crippen LogP contribution in [0.5, 0.6) is 5.75 Å². The third-order valence-corrected chi connectivity index (χ3v) is 8.79. The van der Waals surface area contributed by atoms with Gasteiger partial charge in [-0.3, -0.25) is 14.5 Å². The molecule has 8 nitrogen and oxygen atoms in total. The minimum atomic E-state index is -0.653. The number of benzene rings is 3. The number of carbonyl (C=O) groups is 3. The maximum absolute atomic E-state index is 14.1. The molecule has 41 heavy (non-hydrogen) atoms. The summed E-state index contributed by atoms with van der Waals surface area (Å²) in [6.07, 6.45) is 5.92. The summed E-state index contributed by atoms with van der Waals surface area (Å²) >= 11 is 0. The topological polar surface area (TPSA) is 94.7 Å². The summed E-state index contributed by atoms with van der Waals surface area (Å²) in [5, 5.41) is 4.19. The number of aromatic amines is 1. The van der Waals surface area contributed by atoms with Gasteiger partial charge in [-0.1, -0.05) is 49.6 Å². The highest BCUT2D eigenvalue weighted by Gasteiger charge is 2.53. The molecule has 208 valence electrons. The van der Waals surface area contributed by atoms with Gasteiger partial charge in [0.05, 0.1) is 12.8 Å². The molecule has 3 aliphatic rings. The molecule has 1 aliphatic carbocycles. The van der Waals surface area contributed by atoms with Gasteiger partial charge in [0.15, 0.2) is 0 Å². The summed E-state index contributed by atoms with van der Waals surface area (Å²) < 4.78 is 5.50. The maximum Gasteiger partial charge on any atom is 0.332 e. The van der Waals surface area contributed by atoms with E-state index in [1.54, 1.807) is 36.3 Å². The Kier molecular flexibility index (Phi) is 6.26. The molecule has 4 amide bonds. The molecule has 7 rings (SSSR count). The van der Waals surface area contributed by atoms with Crippen molar-refractivity contribution in [1.82, 2.24) is 15.2 Å². The van der Waals surface area contributed by atoms with Crippen LogP contribution in [-0.4, -0.2) is 46.9 Å². The van der Waals surface area contributed by atoms with E-state index in [0.29, 0.717) is 23.4 Å². The third-order valence-electron chi connectivity index (χ3n) is 8.79. The minimum Gasteiger partial charge on any atom is -0.497 e. The van der Waals surface area contributed by atoms with E-state index in [1.807, 2.05) is 42.5 Å². The molecule has 0 unspecified atom stereocenters. The predicted octanol–water partition coefficient (Wildman–Crippen LogP) is 5.72. The average molecular weight is 549 g/mol. The van der Waals surface area contributed by atoms with Crippen LogP contribution in [0, 0.1) is 0 Å². The predicted molar refractivity (Wildman–Crippen MR) is 156 cm³/mol. The lowest BCUT2D eigenvalue weighted by molar-refractivity contribution is -0.120. The number of H-pyrrole nitrogens is 1. The fraction of sp³-hybridized carbons (Fsp3) is 0.303. The van der Waals surface area contributed by atoms with Crippen molar-refractivity contribution in [2.45, 2.75) is 56.7 Å². The van der Waals surface area contributed by atoms with E-state index < -0.39 is 12.1 Å². The highest BCUT2D eigenvalue weighted by Crippen LogP contribution is 2.45. The Morgan fingerprint density at radius 2 is 1.73 bits per heavy atom. The quantitative estimate of drug-likeness (QED) is 0.312. The van der Waals surface area contributed by atoms with Crippen molar-refractivity contribution < 1.29 is 19.1 Å². The first kappa shape index (κ1) is 25.4. The summed E-state index contributed by atoms with van der Waals surface area (Å²) in [6, 6.07) is 21.1. The van der Waals surface area contributed by atoms with Crippen LogP contribution in [0.3, 0.4) is 0 Å². The zero-order valence-corrected chi connectivity index (χ0v) is 22.9. The monoisotopic (exact) mass is 548 g/mol. The largest absolute Gasteiger partial charge is 0.497 e. The number of methoxy groups -OCH3 is 1. The molecule has 0 bridgehead atoms. The van der Waals surface area contributed by atoms with Gasteiger partial charge in [-0.15, -0.1) is 0 Å². The Balaban J connectivity index is 1.23. The number of aromatic nitrogens is 1. The molecule has 1 saturated heterocycles. The van der Waals surface area contributed by atoms with Crippen LogP contribution < -0.4 is 15.0 Å². The molecule has 8 heteroatoms. The smallest absolute Gasteiger partial charge is 0.332 e. The number of nitrogens with zero attached hydrogens (tertiary/aromatic N) is 2.